The molecule has 19 heavy (non-hydrogen) atoms. The van der Waals surface area contributed by atoms with Crippen LogP contribution in [0.15, 0.2) is 30.5 Å². The number of primary amides is 1. The Morgan fingerprint density at radius 1 is 1.32 bits per heavy atom. The summed E-state index contributed by atoms with van der Waals surface area (Å²) < 4.78 is 6.05. The topological polar surface area (TPSA) is 113 Å². The Hall–Kier alpha value is -2.83. The molecule has 0 radical (unpaired) electrons. The van der Waals surface area contributed by atoms with Crippen molar-refractivity contribution < 1.29 is 14.3 Å². The second-order valence-corrected chi connectivity index (χ2v) is 3.78. The average molecular weight is 260 g/mol. The van der Waals surface area contributed by atoms with Crippen LogP contribution >= 0.6 is 0 Å². The van der Waals surface area contributed by atoms with Crippen LogP contribution in [-0.4, -0.2) is 28.8 Å². The van der Waals surface area contributed by atoms with E-state index >= 15 is 0 Å². The summed E-state index contributed by atoms with van der Waals surface area (Å²) in [6.07, 6.45) is 1.53. The maximum absolute atomic E-state index is 11.7. The van der Waals surface area contributed by atoms with Crippen molar-refractivity contribution in [2.24, 2.45) is 5.73 Å². The van der Waals surface area contributed by atoms with Crippen LogP contribution < -0.4 is 11.5 Å². The third-order valence-electron chi connectivity index (χ3n) is 2.51. The Kier molecular flexibility index (Phi) is 3.19. The molecule has 0 aliphatic heterocycles. The van der Waals surface area contributed by atoms with Crippen molar-refractivity contribution in [1.29, 1.82) is 0 Å². The number of esters is 1. The Labute approximate surface area is 108 Å². The van der Waals surface area contributed by atoms with Gasteiger partial charge in [0.1, 0.15) is 5.69 Å². The first-order valence-electron chi connectivity index (χ1n) is 5.36. The molecule has 1 aromatic heterocycles. The maximum atomic E-state index is 11.7. The smallest absolute Gasteiger partial charge is 0.340 e. The normalized spacial score (nSPS) is 10.2. The number of ether oxygens (including phenoxy) is 1. The minimum atomic E-state index is -0.645. The summed E-state index contributed by atoms with van der Waals surface area (Å²) in [6, 6.07) is 6.17. The van der Waals surface area contributed by atoms with E-state index in [4.69, 9.17) is 11.5 Å². The van der Waals surface area contributed by atoms with E-state index in [9.17, 15) is 9.59 Å². The van der Waals surface area contributed by atoms with E-state index in [1.54, 1.807) is 12.1 Å². The van der Waals surface area contributed by atoms with Crippen molar-refractivity contribution in [2.75, 3.05) is 12.8 Å². The summed E-state index contributed by atoms with van der Waals surface area (Å²) in [5.74, 6) is -1.19. The summed E-state index contributed by atoms with van der Waals surface area (Å²) in [4.78, 5) is 22.7. The van der Waals surface area contributed by atoms with Gasteiger partial charge in [-0.3, -0.25) is 4.79 Å². The van der Waals surface area contributed by atoms with Crippen LogP contribution in [0.25, 0.3) is 5.69 Å². The zero-order valence-electron chi connectivity index (χ0n) is 10.2. The fourth-order valence-electron chi connectivity index (χ4n) is 1.62. The Balaban J connectivity index is 2.54. The van der Waals surface area contributed by atoms with Gasteiger partial charge in [-0.1, -0.05) is 0 Å². The SMILES string of the molecule is COC(=O)c1cc(N)ccc1-n1ccc(C(N)=O)n1. The molecule has 7 heteroatoms. The van der Waals surface area contributed by atoms with E-state index in [-0.39, 0.29) is 11.3 Å². The van der Waals surface area contributed by atoms with Crippen molar-refractivity contribution >= 4 is 17.6 Å². The lowest BCUT2D eigenvalue weighted by atomic mass is 10.1. The first kappa shape index (κ1) is 12.6. The van der Waals surface area contributed by atoms with Gasteiger partial charge in [0.25, 0.3) is 5.91 Å². The zero-order valence-corrected chi connectivity index (χ0v) is 10.2. The van der Waals surface area contributed by atoms with Gasteiger partial charge in [0.15, 0.2) is 0 Å². The van der Waals surface area contributed by atoms with Gasteiger partial charge in [0, 0.05) is 11.9 Å². The number of amides is 1. The molecule has 0 saturated heterocycles. The summed E-state index contributed by atoms with van der Waals surface area (Å²) in [5.41, 5.74) is 12.0. The highest BCUT2D eigenvalue weighted by atomic mass is 16.5. The number of methoxy groups -OCH3 is 1. The highest BCUT2D eigenvalue weighted by Gasteiger charge is 2.15. The highest BCUT2D eigenvalue weighted by molar-refractivity contribution is 5.94. The van der Waals surface area contributed by atoms with Gasteiger partial charge < -0.3 is 16.2 Å². The Morgan fingerprint density at radius 2 is 2.05 bits per heavy atom. The van der Waals surface area contributed by atoms with E-state index in [0.717, 1.165) is 0 Å². The summed E-state index contributed by atoms with van der Waals surface area (Å²) in [7, 11) is 1.27. The number of hydrogen-bond donors (Lipinski definition) is 2. The predicted molar refractivity (Wildman–Crippen MR) is 67.8 cm³/mol. The zero-order chi connectivity index (χ0) is 14.0. The van der Waals surface area contributed by atoms with Gasteiger partial charge in [-0.15, -0.1) is 0 Å². The number of nitrogen functional groups attached to an aromatic ring is 1. The molecular weight excluding hydrogens is 248 g/mol. The lowest BCUT2D eigenvalue weighted by Crippen LogP contribution is -2.13. The average Bonchev–Trinajstić information content (AvgIpc) is 2.87. The Morgan fingerprint density at radius 3 is 2.63 bits per heavy atom. The molecule has 2 rings (SSSR count). The van der Waals surface area contributed by atoms with E-state index in [2.05, 4.69) is 9.84 Å². The first-order valence-corrected chi connectivity index (χ1v) is 5.36. The van der Waals surface area contributed by atoms with Crippen LogP contribution in [0.4, 0.5) is 5.69 Å². The number of nitrogens with zero attached hydrogens (tertiary/aromatic N) is 2. The van der Waals surface area contributed by atoms with Gasteiger partial charge in [-0.05, 0) is 24.3 Å². The molecule has 0 spiro atoms. The quantitative estimate of drug-likeness (QED) is 0.610. The fraction of sp³-hybridized carbons (Fsp3) is 0.0833. The lowest BCUT2D eigenvalue weighted by molar-refractivity contribution is 0.0600. The molecule has 1 heterocycles. The van der Waals surface area contributed by atoms with Gasteiger partial charge in [0.05, 0.1) is 18.4 Å². The van der Waals surface area contributed by atoms with Crippen molar-refractivity contribution in [2.45, 2.75) is 0 Å². The molecule has 1 aromatic carbocycles. The third kappa shape index (κ3) is 2.39. The first-order chi connectivity index (χ1) is 9.02. The molecule has 7 nitrogen and oxygen atoms in total. The molecule has 0 fully saturated rings. The molecule has 4 N–H and O–H groups in total. The monoisotopic (exact) mass is 260 g/mol. The number of hydrogen-bond acceptors (Lipinski definition) is 5. The van der Waals surface area contributed by atoms with Gasteiger partial charge in [0.2, 0.25) is 0 Å². The van der Waals surface area contributed by atoms with Gasteiger partial charge in [-0.25, -0.2) is 9.48 Å². The summed E-state index contributed by atoms with van der Waals surface area (Å²) in [6.45, 7) is 0. The summed E-state index contributed by atoms with van der Waals surface area (Å²) in [5, 5.41) is 3.98. The van der Waals surface area contributed by atoms with Crippen molar-refractivity contribution in [3.63, 3.8) is 0 Å². The fourth-order valence-corrected chi connectivity index (χ4v) is 1.62. The van der Waals surface area contributed by atoms with Crippen molar-refractivity contribution in [3.8, 4) is 5.69 Å². The molecule has 0 saturated carbocycles. The van der Waals surface area contributed by atoms with Gasteiger partial charge in [-0.2, -0.15) is 5.10 Å². The number of benzene rings is 1. The second-order valence-electron chi connectivity index (χ2n) is 3.78. The lowest BCUT2D eigenvalue weighted by Gasteiger charge is -2.08. The van der Waals surface area contributed by atoms with E-state index in [1.165, 1.54) is 30.1 Å². The van der Waals surface area contributed by atoms with Crippen LogP contribution in [0.1, 0.15) is 20.8 Å². The molecule has 1 amide bonds. The molecule has 0 bridgehead atoms. The number of rotatable bonds is 3. The van der Waals surface area contributed by atoms with Crippen LogP contribution in [0.3, 0.4) is 0 Å². The number of carbonyl (C=O) groups excluding carboxylic acids is 2. The highest BCUT2D eigenvalue weighted by Crippen LogP contribution is 2.18. The molecule has 0 atom stereocenters. The number of carbonyl (C=O) groups is 2. The van der Waals surface area contributed by atoms with Crippen LogP contribution in [0.5, 0.6) is 0 Å². The molecule has 0 aliphatic carbocycles. The van der Waals surface area contributed by atoms with Crippen LogP contribution in [0.2, 0.25) is 0 Å². The van der Waals surface area contributed by atoms with Crippen LogP contribution in [-0.2, 0) is 4.74 Å². The predicted octanol–water partition coefficient (Wildman–Crippen LogP) is 0.340. The summed E-state index contributed by atoms with van der Waals surface area (Å²) >= 11 is 0. The number of aromatic nitrogens is 2. The second kappa shape index (κ2) is 4.81. The maximum Gasteiger partial charge on any atom is 0.340 e. The molecule has 0 unspecified atom stereocenters. The van der Waals surface area contributed by atoms with Crippen LogP contribution in [0, 0.1) is 0 Å². The minimum absolute atomic E-state index is 0.104. The largest absolute Gasteiger partial charge is 0.465 e. The molecule has 98 valence electrons. The van der Waals surface area contributed by atoms with Gasteiger partial charge >= 0.3 is 5.97 Å². The van der Waals surface area contributed by atoms with E-state index < -0.39 is 11.9 Å². The van der Waals surface area contributed by atoms with E-state index in [0.29, 0.717) is 11.4 Å². The minimum Gasteiger partial charge on any atom is -0.465 e. The van der Waals surface area contributed by atoms with E-state index in [1.807, 2.05) is 0 Å². The molecule has 2 aromatic rings. The number of anilines is 1. The van der Waals surface area contributed by atoms with Crippen molar-refractivity contribution in [3.05, 3.63) is 41.7 Å². The molecular formula is C12H12N4O3. The Bertz CT molecular complexity index is 648. The standard InChI is InChI=1S/C12H12N4O3/c1-19-12(18)8-6-7(13)2-3-10(8)16-5-4-9(15-16)11(14)17/h2-6H,13H2,1H3,(H2,14,17). The third-order valence-corrected chi connectivity index (χ3v) is 2.51. The number of nitrogens with two attached hydrogens (primary N) is 2. The van der Waals surface area contributed by atoms with Crippen molar-refractivity contribution in [1.82, 2.24) is 9.78 Å². The molecule has 0 aliphatic rings.